The average molecular weight is 1110 g/mol. The molecule has 2 saturated heterocycles. The first-order valence-corrected chi connectivity index (χ1v) is 27.0. The second-order valence-corrected chi connectivity index (χ2v) is 21.1. The molecule has 0 radical (unpaired) electrons. The predicted molar refractivity (Wildman–Crippen MR) is 296 cm³/mol. The normalized spacial score (nSPS) is 22.1. The summed E-state index contributed by atoms with van der Waals surface area (Å²) in [6.07, 6.45) is 8.86. The Morgan fingerprint density at radius 1 is 0.545 bits per heavy atom. The van der Waals surface area contributed by atoms with Gasteiger partial charge >= 0.3 is 0 Å². The number of hydrogen-bond donors (Lipinski definition) is 9. The van der Waals surface area contributed by atoms with E-state index in [1.165, 1.54) is 15.9 Å². The van der Waals surface area contributed by atoms with Crippen LogP contribution in [0, 0.1) is 11.8 Å². The molecule has 3 aromatic rings. The summed E-state index contributed by atoms with van der Waals surface area (Å²) in [7, 11) is 3.34. The van der Waals surface area contributed by atoms with E-state index in [4.69, 9.17) is 0 Å². The number of aromatic nitrogens is 2. The number of hydrogen-bond acceptors (Lipinski definition) is 11. The first-order valence-electron chi connectivity index (χ1n) is 27.0. The van der Waals surface area contributed by atoms with Gasteiger partial charge in [-0.3, -0.25) is 43.5 Å². The molecule has 20 nitrogen and oxygen atoms in total. The Morgan fingerprint density at radius 2 is 0.935 bits per heavy atom. The number of likely N-dealkylation sites (tertiary alicyclic amines) is 2. The molecule has 4 aliphatic rings. The summed E-state index contributed by atoms with van der Waals surface area (Å²) in [6.45, 7) is 7.11. The van der Waals surface area contributed by atoms with E-state index in [0.29, 0.717) is 0 Å². The Bertz CT molecular complexity index is 2310. The average Bonchev–Trinajstić information content (AvgIpc) is 4.23. The Hall–Kier alpha value is -6.09. The number of likely N-dealkylation sites (N-methyl/N-ethyl adjacent to an activating group) is 2. The van der Waals surface area contributed by atoms with Crippen LogP contribution in [0.4, 0.5) is 0 Å². The molecule has 8 amide bonds. The number of carbonyl (C=O) groups excluding carboxylic acids is 8. The lowest BCUT2D eigenvalue weighted by Gasteiger charge is -2.35. The number of nitrogens with zero attached hydrogens (tertiary/aromatic N) is 3. The first-order chi connectivity index (χ1) is 36.1. The monoisotopic (exact) mass is 1110 g/mol. The number of rotatable bonds is 20. The first kappa shape index (κ1) is 61.8. The lowest BCUT2D eigenvalue weighted by atomic mass is 9.83. The molecule has 2 aromatic carbocycles. The van der Waals surface area contributed by atoms with Crippen molar-refractivity contribution in [2.45, 2.75) is 165 Å². The quantitative estimate of drug-likeness (QED) is 0.0787. The number of H-pyrrole nitrogens is 1. The van der Waals surface area contributed by atoms with Crippen LogP contribution >= 0.6 is 24.8 Å². The fourth-order valence-electron chi connectivity index (χ4n) is 11.1. The summed E-state index contributed by atoms with van der Waals surface area (Å²) in [6, 6.07) is 13.2. The zero-order valence-electron chi connectivity index (χ0n) is 45.1. The van der Waals surface area contributed by atoms with Crippen LogP contribution in [0.25, 0.3) is 0 Å². The molecule has 10 atom stereocenters. The molecule has 2 saturated carbocycles. The van der Waals surface area contributed by atoms with E-state index in [1.54, 1.807) is 27.9 Å². The van der Waals surface area contributed by atoms with Gasteiger partial charge in [0.25, 0.3) is 11.8 Å². The maximum atomic E-state index is 14.8. The summed E-state index contributed by atoms with van der Waals surface area (Å²) in [5, 5.41) is 30.7. The highest BCUT2D eigenvalue weighted by Gasteiger charge is 2.47. The molecule has 0 bridgehead atoms. The van der Waals surface area contributed by atoms with E-state index in [2.05, 4.69) is 52.7 Å². The molecule has 2 aliphatic carbocycles. The van der Waals surface area contributed by atoms with Gasteiger partial charge in [0.2, 0.25) is 35.4 Å². The van der Waals surface area contributed by atoms with E-state index < -0.39 is 83.8 Å². The van der Waals surface area contributed by atoms with Crippen LogP contribution in [0.15, 0.2) is 66.7 Å². The van der Waals surface area contributed by atoms with E-state index in [9.17, 15) is 38.4 Å². The molecule has 4 fully saturated rings. The molecule has 1 aromatic heterocycles. The van der Waals surface area contributed by atoms with E-state index in [1.807, 2.05) is 74.5 Å². The lowest BCUT2D eigenvalue weighted by molar-refractivity contribution is -0.143. The summed E-state index contributed by atoms with van der Waals surface area (Å²) >= 11 is 0. The molecule has 9 N–H and O–H groups in total. The number of amides is 8. The molecule has 22 heteroatoms. The molecule has 2 aliphatic heterocycles. The Balaban J connectivity index is 0.00000547. The predicted octanol–water partition coefficient (Wildman–Crippen LogP) is 3.75. The fraction of sp³-hybridized carbons (Fsp3) is 0.582. The topological polar surface area (TPSA) is 268 Å². The Morgan fingerprint density at radius 3 is 1.32 bits per heavy atom. The standard InChI is InChI=1S/C55H78N12O8.2ClH/c1-32(36-19-11-7-12-20-36)58-52(72)44-27-40(30-66(44)54(74)46(38-23-15-9-16-24-38)62-48(68)34(3)56-5)60-50(70)42-29-43(65-64-42)51(71)61-41-28-45(53(73)59-33(2)37-21-13-8-14-22-37)67(31-41)55(75)47(39-25-17-10-18-26-39)63-49(69)35(4)57-6;;/h7-8,11-14,19-22,29,32-35,38-41,44-47,56-57H,9-10,15-18,23-28,30-31H2,1-6H3,(H,58,72)(H,59,73)(H,60,70)(H,61,71)(H,62,68)(H,63,69)(H,64,65);2*1H/t32-,33-,34+,35+,40+,41+,44+,45+,46+,47+;;/m1../s1. The van der Waals surface area contributed by atoms with Crippen molar-refractivity contribution in [1.82, 2.24) is 62.5 Å². The lowest BCUT2D eigenvalue weighted by Crippen LogP contribution is -2.58. The minimum Gasteiger partial charge on any atom is -0.348 e. The molecule has 3 heterocycles. The highest BCUT2D eigenvalue weighted by molar-refractivity contribution is 5.99. The number of benzene rings is 2. The fourth-order valence-corrected chi connectivity index (χ4v) is 11.1. The second-order valence-electron chi connectivity index (χ2n) is 21.1. The number of aromatic amines is 1. The van der Waals surface area contributed by atoms with Crippen molar-refractivity contribution in [2.24, 2.45) is 11.8 Å². The van der Waals surface area contributed by atoms with Crippen LogP contribution in [0.5, 0.6) is 0 Å². The highest BCUT2D eigenvalue weighted by atomic mass is 35.5. The van der Waals surface area contributed by atoms with Crippen LogP contribution in [-0.4, -0.2) is 143 Å². The maximum absolute atomic E-state index is 14.8. The number of halogens is 2. The van der Waals surface area contributed by atoms with Crippen molar-refractivity contribution in [2.75, 3.05) is 27.2 Å². The molecular formula is C55H80Cl2N12O8. The molecular weight excluding hydrogens is 1030 g/mol. The summed E-state index contributed by atoms with van der Waals surface area (Å²) in [4.78, 5) is 115. The number of nitrogens with one attached hydrogen (secondary N) is 9. The molecule has 7 rings (SSSR count). The Kier molecular flexibility index (Phi) is 23.3. The second kappa shape index (κ2) is 29.0. The van der Waals surface area contributed by atoms with E-state index >= 15 is 0 Å². The van der Waals surface area contributed by atoms with E-state index in [-0.39, 0.29) is 97.9 Å². The van der Waals surface area contributed by atoms with Gasteiger partial charge in [0.15, 0.2) is 5.69 Å². The van der Waals surface area contributed by atoms with Crippen molar-refractivity contribution in [3.8, 4) is 0 Å². The van der Waals surface area contributed by atoms with Gasteiger partial charge in [-0.1, -0.05) is 99.2 Å². The van der Waals surface area contributed by atoms with Crippen molar-refractivity contribution in [3.63, 3.8) is 0 Å². The van der Waals surface area contributed by atoms with E-state index in [0.717, 1.165) is 75.3 Å². The van der Waals surface area contributed by atoms with Gasteiger partial charge in [0.1, 0.15) is 29.9 Å². The van der Waals surface area contributed by atoms with Crippen LogP contribution in [0.2, 0.25) is 0 Å². The third kappa shape index (κ3) is 15.8. The van der Waals surface area contributed by atoms with Crippen LogP contribution in [0.1, 0.15) is 149 Å². The van der Waals surface area contributed by atoms with Crippen molar-refractivity contribution < 1.29 is 38.4 Å². The van der Waals surface area contributed by atoms with Gasteiger partial charge in [-0.2, -0.15) is 5.10 Å². The van der Waals surface area contributed by atoms with Gasteiger partial charge in [-0.15, -0.1) is 24.8 Å². The van der Waals surface area contributed by atoms with Gasteiger partial charge < -0.3 is 52.3 Å². The molecule has 422 valence electrons. The third-order valence-electron chi connectivity index (χ3n) is 15.8. The molecule has 77 heavy (non-hydrogen) atoms. The van der Waals surface area contributed by atoms with Crippen molar-refractivity contribution >= 4 is 72.1 Å². The summed E-state index contributed by atoms with van der Waals surface area (Å²) in [5.41, 5.74) is 1.59. The largest absolute Gasteiger partial charge is 0.348 e. The highest BCUT2D eigenvalue weighted by Crippen LogP contribution is 2.32. The van der Waals surface area contributed by atoms with Gasteiger partial charge in [-0.25, -0.2) is 0 Å². The van der Waals surface area contributed by atoms with Gasteiger partial charge in [0.05, 0.1) is 24.2 Å². The van der Waals surface area contributed by atoms with Crippen molar-refractivity contribution in [3.05, 3.63) is 89.2 Å². The van der Waals surface area contributed by atoms with Crippen LogP contribution < -0.4 is 42.5 Å². The smallest absolute Gasteiger partial charge is 0.272 e. The van der Waals surface area contributed by atoms with Crippen LogP contribution in [0.3, 0.4) is 0 Å². The third-order valence-corrected chi connectivity index (χ3v) is 15.8. The Labute approximate surface area is 464 Å². The number of carbonyl (C=O) groups is 8. The van der Waals surface area contributed by atoms with Gasteiger partial charge in [-0.05, 0) is 103 Å². The summed E-state index contributed by atoms with van der Waals surface area (Å²) in [5.74, 6) is -3.77. The zero-order valence-corrected chi connectivity index (χ0v) is 46.7. The summed E-state index contributed by atoms with van der Waals surface area (Å²) < 4.78 is 0. The molecule has 0 spiro atoms. The minimum atomic E-state index is -0.976. The zero-order chi connectivity index (χ0) is 53.8. The minimum absolute atomic E-state index is 0. The maximum Gasteiger partial charge on any atom is 0.272 e. The molecule has 0 unspecified atom stereocenters. The van der Waals surface area contributed by atoms with Gasteiger partial charge in [0, 0.05) is 31.2 Å². The van der Waals surface area contributed by atoms with Crippen molar-refractivity contribution in [1.29, 1.82) is 0 Å². The SMILES string of the molecule is CN[C@@H](C)C(=O)N[C@H](C(=O)N1C[C@@H](NC(=O)c2cc(C(=O)N[C@H]3C[C@@H](C(=O)N[C@H](C)c4ccccc4)N(C(=O)[C@@H](NC(=O)[C@H](C)NC)C4CCCCC4)C3)[nH]n2)C[C@H]1C(=O)N[C@H](C)c1ccccc1)C1CCCCC1.Cl.Cl. The van der Waals surface area contributed by atoms with Crippen LogP contribution in [-0.2, 0) is 28.8 Å².